The first-order chi connectivity index (χ1) is 9.60. The molecule has 1 amide bonds. The molecule has 1 aromatic carbocycles. The van der Waals surface area contributed by atoms with Crippen LogP contribution in [0.4, 0.5) is 5.69 Å². The zero-order valence-electron chi connectivity index (χ0n) is 11.2. The predicted molar refractivity (Wildman–Crippen MR) is 76.6 cm³/mol. The van der Waals surface area contributed by atoms with Gasteiger partial charge in [0.2, 0.25) is 5.91 Å². The number of hydrogen-bond acceptors (Lipinski definition) is 4. The second-order valence-corrected chi connectivity index (χ2v) is 6.32. The van der Waals surface area contributed by atoms with E-state index >= 15 is 0 Å². The Balaban J connectivity index is 1.92. The average Bonchev–Trinajstić information content (AvgIpc) is 2.85. The van der Waals surface area contributed by atoms with Crippen molar-refractivity contribution >= 4 is 22.4 Å². The SMILES string of the molecule is CC1OCCC1S(=O)CC(=O)Nc1cccc(C#N)c1. The molecule has 106 valence electrons. The van der Waals surface area contributed by atoms with E-state index in [0.717, 1.165) is 6.42 Å². The molecule has 0 radical (unpaired) electrons. The fourth-order valence-electron chi connectivity index (χ4n) is 2.16. The number of carbonyl (C=O) groups excluding carboxylic acids is 1. The Morgan fingerprint density at radius 2 is 2.40 bits per heavy atom. The van der Waals surface area contributed by atoms with Crippen molar-refractivity contribution in [3.63, 3.8) is 0 Å². The normalized spacial score (nSPS) is 23.0. The number of nitrogens with zero attached hydrogens (tertiary/aromatic N) is 1. The number of carbonyl (C=O) groups is 1. The summed E-state index contributed by atoms with van der Waals surface area (Å²) >= 11 is 0. The Morgan fingerprint density at radius 3 is 3.05 bits per heavy atom. The van der Waals surface area contributed by atoms with Gasteiger partial charge in [-0.3, -0.25) is 9.00 Å². The second-order valence-electron chi connectivity index (χ2n) is 4.67. The number of benzene rings is 1. The van der Waals surface area contributed by atoms with Crippen LogP contribution in [0.3, 0.4) is 0 Å². The molecule has 6 heteroatoms. The van der Waals surface area contributed by atoms with Crippen LogP contribution in [0.5, 0.6) is 0 Å². The Hall–Kier alpha value is -1.71. The Kier molecular flexibility index (Phi) is 4.88. The first-order valence-corrected chi connectivity index (χ1v) is 7.77. The van der Waals surface area contributed by atoms with E-state index in [-0.39, 0.29) is 23.0 Å². The molecule has 1 aliphatic heterocycles. The lowest BCUT2D eigenvalue weighted by Crippen LogP contribution is -2.30. The first kappa shape index (κ1) is 14.7. The van der Waals surface area contributed by atoms with Crippen molar-refractivity contribution in [2.45, 2.75) is 24.7 Å². The Morgan fingerprint density at radius 1 is 1.60 bits per heavy atom. The van der Waals surface area contributed by atoms with Gasteiger partial charge in [-0.1, -0.05) is 6.07 Å². The highest BCUT2D eigenvalue weighted by molar-refractivity contribution is 7.86. The molecule has 0 aliphatic carbocycles. The molecule has 1 heterocycles. The van der Waals surface area contributed by atoms with Crippen LogP contribution in [-0.4, -0.2) is 33.8 Å². The molecule has 1 fully saturated rings. The van der Waals surface area contributed by atoms with Crippen LogP contribution in [0.15, 0.2) is 24.3 Å². The lowest BCUT2D eigenvalue weighted by atomic mass is 10.2. The van der Waals surface area contributed by atoms with Crippen LogP contribution in [0.25, 0.3) is 0 Å². The van der Waals surface area contributed by atoms with E-state index in [9.17, 15) is 9.00 Å². The summed E-state index contributed by atoms with van der Waals surface area (Å²) in [4.78, 5) is 11.9. The van der Waals surface area contributed by atoms with Gasteiger partial charge in [-0.05, 0) is 31.5 Å². The summed E-state index contributed by atoms with van der Waals surface area (Å²) in [5.74, 6) is -0.354. The molecule has 3 unspecified atom stereocenters. The molecule has 1 aromatic rings. The van der Waals surface area contributed by atoms with Gasteiger partial charge in [0, 0.05) is 23.1 Å². The highest BCUT2D eigenvalue weighted by Crippen LogP contribution is 2.19. The minimum atomic E-state index is -1.24. The van der Waals surface area contributed by atoms with E-state index in [1.807, 2.05) is 13.0 Å². The number of amides is 1. The van der Waals surface area contributed by atoms with Crippen molar-refractivity contribution in [1.29, 1.82) is 5.26 Å². The van der Waals surface area contributed by atoms with Gasteiger partial charge in [0.1, 0.15) is 5.75 Å². The van der Waals surface area contributed by atoms with Crippen molar-refractivity contribution < 1.29 is 13.7 Å². The Bertz CT molecular complexity index is 568. The van der Waals surface area contributed by atoms with Crippen LogP contribution in [0, 0.1) is 11.3 Å². The number of hydrogen-bond donors (Lipinski definition) is 1. The quantitative estimate of drug-likeness (QED) is 0.910. The molecule has 2 rings (SSSR count). The molecule has 1 N–H and O–H groups in total. The molecule has 1 aliphatic rings. The summed E-state index contributed by atoms with van der Waals surface area (Å²) in [5, 5.41) is 11.4. The summed E-state index contributed by atoms with van der Waals surface area (Å²) in [5.41, 5.74) is 1.02. The van der Waals surface area contributed by atoms with Crippen LogP contribution in [0.2, 0.25) is 0 Å². The van der Waals surface area contributed by atoms with E-state index in [4.69, 9.17) is 10.00 Å². The maximum absolute atomic E-state index is 12.1. The molecule has 0 spiro atoms. The number of nitriles is 1. The minimum absolute atomic E-state index is 0.0465. The molecular weight excluding hydrogens is 276 g/mol. The molecule has 0 aromatic heterocycles. The third kappa shape index (κ3) is 3.65. The third-order valence-corrected chi connectivity index (χ3v) is 5.03. The fourth-order valence-corrected chi connectivity index (χ4v) is 3.57. The van der Waals surface area contributed by atoms with Gasteiger partial charge >= 0.3 is 0 Å². The average molecular weight is 292 g/mol. The topological polar surface area (TPSA) is 79.2 Å². The third-order valence-electron chi connectivity index (χ3n) is 3.19. The van der Waals surface area contributed by atoms with Crippen molar-refractivity contribution in [3.8, 4) is 6.07 Å². The maximum atomic E-state index is 12.1. The standard InChI is InChI=1S/C14H16N2O3S/c1-10-13(5-6-19-10)20(18)9-14(17)16-12-4-2-3-11(7-12)8-15/h2-4,7,10,13H,5-6,9H2,1H3,(H,16,17). The van der Waals surface area contributed by atoms with Crippen molar-refractivity contribution in [1.82, 2.24) is 0 Å². The lowest BCUT2D eigenvalue weighted by molar-refractivity contribution is -0.113. The summed E-state index contributed by atoms with van der Waals surface area (Å²) in [6.07, 6.45) is 0.663. The molecule has 3 atom stereocenters. The van der Waals surface area contributed by atoms with E-state index in [0.29, 0.717) is 17.9 Å². The van der Waals surface area contributed by atoms with Gasteiger partial charge in [0.05, 0.1) is 23.0 Å². The Labute approximate surface area is 120 Å². The summed E-state index contributed by atoms with van der Waals surface area (Å²) in [6, 6.07) is 8.64. The molecular formula is C14H16N2O3S. The monoisotopic (exact) mass is 292 g/mol. The van der Waals surface area contributed by atoms with Crippen molar-refractivity contribution in [2.75, 3.05) is 17.7 Å². The van der Waals surface area contributed by atoms with Gasteiger partial charge in [-0.25, -0.2) is 0 Å². The van der Waals surface area contributed by atoms with Crippen LogP contribution in [0.1, 0.15) is 18.9 Å². The summed E-state index contributed by atoms with van der Waals surface area (Å²) in [6.45, 7) is 2.48. The van der Waals surface area contributed by atoms with E-state index < -0.39 is 10.8 Å². The second kappa shape index (κ2) is 6.64. The van der Waals surface area contributed by atoms with Gasteiger partial charge in [0.15, 0.2) is 0 Å². The number of anilines is 1. The fraction of sp³-hybridized carbons (Fsp3) is 0.429. The van der Waals surface area contributed by atoms with Gasteiger partial charge in [-0.15, -0.1) is 0 Å². The number of ether oxygens (including phenoxy) is 1. The highest BCUT2D eigenvalue weighted by atomic mass is 32.2. The van der Waals surface area contributed by atoms with E-state index in [1.165, 1.54) is 0 Å². The predicted octanol–water partition coefficient (Wildman–Crippen LogP) is 1.42. The number of rotatable bonds is 4. The van der Waals surface area contributed by atoms with Crippen LogP contribution < -0.4 is 5.32 Å². The molecule has 20 heavy (non-hydrogen) atoms. The zero-order chi connectivity index (χ0) is 14.5. The van der Waals surface area contributed by atoms with Crippen molar-refractivity contribution in [2.24, 2.45) is 0 Å². The largest absolute Gasteiger partial charge is 0.377 e. The van der Waals surface area contributed by atoms with Gasteiger partial charge in [-0.2, -0.15) is 5.26 Å². The number of nitrogens with one attached hydrogen (secondary N) is 1. The summed E-state index contributed by atoms with van der Waals surface area (Å²) in [7, 11) is -1.24. The van der Waals surface area contributed by atoms with Gasteiger partial charge < -0.3 is 10.1 Å². The first-order valence-electron chi connectivity index (χ1n) is 6.39. The molecule has 5 nitrogen and oxygen atoms in total. The maximum Gasteiger partial charge on any atom is 0.237 e. The van der Waals surface area contributed by atoms with Gasteiger partial charge in [0.25, 0.3) is 0 Å². The smallest absolute Gasteiger partial charge is 0.237 e. The van der Waals surface area contributed by atoms with Crippen LogP contribution >= 0.6 is 0 Å². The van der Waals surface area contributed by atoms with Crippen LogP contribution in [-0.2, 0) is 20.3 Å². The molecule has 0 bridgehead atoms. The lowest BCUT2D eigenvalue weighted by Gasteiger charge is -2.13. The van der Waals surface area contributed by atoms with Crippen molar-refractivity contribution in [3.05, 3.63) is 29.8 Å². The summed E-state index contributed by atoms with van der Waals surface area (Å²) < 4.78 is 17.5. The zero-order valence-corrected chi connectivity index (χ0v) is 12.0. The van der Waals surface area contributed by atoms with E-state index in [1.54, 1.807) is 24.3 Å². The molecule has 0 saturated carbocycles. The highest BCUT2D eigenvalue weighted by Gasteiger charge is 2.30. The molecule has 1 saturated heterocycles. The minimum Gasteiger partial charge on any atom is -0.377 e. The van der Waals surface area contributed by atoms with E-state index in [2.05, 4.69) is 5.32 Å².